The Morgan fingerprint density at radius 2 is 1.67 bits per heavy atom. The minimum atomic E-state index is -0.871. The third-order valence-electron chi connectivity index (χ3n) is 6.79. The summed E-state index contributed by atoms with van der Waals surface area (Å²) in [6.07, 6.45) is 1.23. The van der Waals surface area contributed by atoms with Gasteiger partial charge in [-0.15, -0.1) is 0 Å². The van der Waals surface area contributed by atoms with Crippen LogP contribution < -0.4 is 10.6 Å². The summed E-state index contributed by atoms with van der Waals surface area (Å²) in [6, 6.07) is 18.5. The zero-order valence-corrected chi connectivity index (χ0v) is 22.3. The van der Waals surface area contributed by atoms with E-state index in [0.29, 0.717) is 25.0 Å². The molecule has 3 aromatic carbocycles. The van der Waals surface area contributed by atoms with Crippen molar-refractivity contribution >= 4 is 29.2 Å². The lowest BCUT2D eigenvalue weighted by Crippen LogP contribution is -2.44. The van der Waals surface area contributed by atoms with Crippen molar-refractivity contribution in [3.63, 3.8) is 0 Å². The van der Waals surface area contributed by atoms with Gasteiger partial charge in [0.2, 0.25) is 0 Å². The molecule has 1 aliphatic rings. The standard InChI is InChI=1S/C30H33ClN2O3/c1-6-36-29(35)30(12-13-30)33-28(34)27-19(3)15-24(16-20(27)4)23-8-7-9-25(17-23)32-21(5)22-10-11-26(31)18(2)14-22/h7-11,14-17,21,32H,6,12-13H2,1-5H3,(H,33,34). The highest BCUT2D eigenvalue weighted by Gasteiger charge is 2.52. The summed E-state index contributed by atoms with van der Waals surface area (Å²) in [5, 5.41) is 7.28. The second-order valence-electron chi connectivity index (χ2n) is 9.70. The van der Waals surface area contributed by atoms with E-state index in [2.05, 4.69) is 41.8 Å². The number of benzene rings is 3. The second kappa shape index (κ2) is 10.4. The number of aryl methyl sites for hydroxylation is 3. The number of amides is 1. The van der Waals surface area contributed by atoms with E-state index in [1.165, 1.54) is 5.56 Å². The van der Waals surface area contributed by atoms with Crippen LogP contribution in [0.1, 0.15) is 65.3 Å². The highest BCUT2D eigenvalue weighted by atomic mass is 35.5. The SMILES string of the molecule is CCOC(=O)C1(NC(=O)c2c(C)cc(-c3cccc(NC(C)c4ccc(Cl)c(C)c4)c3)cc2C)CC1. The van der Waals surface area contributed by atoms with Crippen LogP contribution in [-0.2, 0) is 9.53 Å². The molecule has 0 aliphatic heterocycles. The topological polar surface area (TPSA) is 67.4 Å². The van der Waals surface area contributed by atoms with Crippen LogP contribution in [-0.4, -0.2) is 24.0 Å². The Morgan fingerprint density at radius 3 is 2.28 bits per heavy atom. The quantitative estimate of drug-likeness (QED) is 0.326. The minimum absolute atomic E-state index is 0.111. The van der Waals surface area contributed by atoms with Crippen molar-refractivity contribution in [1.82, 2.24) is 5.32 Å². The summed E-state index contributed by atoms with van der Waals surface area (Å²) >= 11 is 6.19. The molecule has 36 heavy (non-hydrogen) atoms. The Hall–Kier alpha value is -3.31. The Morgan fingerprint density at radius 1 is 0.972 bits per heavy atom. The molecule has 6 heteroatoms. The predicted octanol–water partition coefficient (Wildman–Crippen LogP) is 6.93. The maximum Gasteiger partial charge on any atom is 0.331 e. The third-order valence-corrected chi connectivity index (χ3v) is 7.21. The van der Waals surface area contributed by atoms with Crippen molar-refractivity contribution in [2.24, 2.45) is 0 Å². The summed E-state index contributed by atoms with van der Waals surface area (Å²) in [6.45, 7) is 10.1. The molecule has 5 nitrogen and oxygen atoms in total. The molecule has 1 unspecified atom stereocenters. The molecule has 1 amide bonds. The second-order valence-corrected chi connectivity index (χ2v) is 10.1. The maximum absolute atomic E-state index is 13.1. The van der Waals surface area contributed by atoms with Gasteiger partial charge in [0, 0.05) is 22.3 Å². The fraction of sp³-hybridized carbons (Fsp3) is 0.333. The number of esters is 1. The number of ether oxygens (including phenoxy) is 1. The van der Waals surface area contributed by atoms with Crippen LogP contribution in [0.25, 0.3) is 11.1 Å². The Balaban J connectivity index is 1.53. The Kier molecular flexibility index (Phi) is 7.41. The Labute approximate surface area is 218 Å². The lowest BCUT2D eigenvalue weighted by molar-refractivity contribution is -0.146. The number of nitrogens with one attached hydrogen (secondary N) is 2. The van der Waals surface area contributed by atoms with Crippen LogP contribution in [0.3, 0.4) is 0 Å². The molecule has 1 aliphatic carbocycles. The van der Waals surface area contributed by atoms with Gasteiger partial charge in [-0.25, -0.2) is 4.79 Å². The monoisotopic (exact) mass is 504 g/mol. The van der Waals surface area contributed by atoms with Gasteiger partial charge in [0.25, 0.3) is 5.91 Å². The van der Waals surface area contributed by atoms with Crippen LogP contribution in [0, 0.1) is 20.8 Å². The largest absolute Gasteiger partial charge is 0.464 e. The summed E-state index contributed by atoms with van der Waals surface area (Å²) in [4.78, 5) is 25.4. The van der Waals surface area contributed by atoms with E-state index < -0.39 is 5.54 Å². The first kappa shape index (κ1) is 25.8. The zero-order chi connectivity index (χ0) is 26.0. The molecule has 0 aromatic heterocycles. The van der Waals surface area contributed by atoms with Gasteiger partial charge >= 0.3 is 5.97 Å². The fourth-order valence-corrected chi connectivity index (χ4v) is 4.72. The van der Waals surface area contributed by atoms with E-state index in [-0.39, 0.29) is 17.9 Å². The molecule has 0 bridgehead atoms. The van der Waals surface area contributed by atoms with Crippen LogP contribution in [0.15, 0.2) is 54.6 Å². The normalized spacial score (nSPS) is 14.6. The lowest BCUT2D eigenvalue weighted by Gasteiger charge is -2.19. The Bertz CT molecular complexity index is 1290. The molecule has 3 aromatic rings. The number of carbonyl (C=O) groups is 2. The van der Waals surface area contributed by atoms with Crippen molar-refractivity contribution in [2.45, 2.75) is 59.0 Å². The molecule has 0 spiro atoms. The van der Waals surface area contributed by atoms with E-state index in [1.807, 2.05) is 51.1 Å². The van der Waals surface area contributed by atoms with Crippen molar-refractivity contribution < 1.29 is 14.3 Å². The highest BCUT2D eigenvalue weighted by Crippen LogP contribution is 2.37. The number of rotatable bonds is 8. The maximum atomic E-state index is 13.1. The van der Waals surface area contributed by atoms with Gasteiger partial charge in [0.1, 0.15) is 5.54 Å². The van der Waals surface area contributed by atoms with Crippen LogP contribution in [0.5, 0.6) is 0 Å². The third kappa shape index (κ3) is 5.41. The van der Waals surface area contributed by atoms with E-state index in [9.17, 15) is 9.59 Å². The van der Waals surface area contributed by atoms with Gasteiger partial charge < -0.3 is 15.4 Å². The van der Waals surface area contributed by atoms with Gasteiger partial charge in [0.05, 0.1) is 6.61 Å². The lowest BCUT2D eigenvalue weighted by atomic mass is 9.94. The summed E-state index contributed by atoms with van der Waals surface area (Å²) in [5.41, 5.74) is 6.79. The van der Waals surface area contributed by atoms with Gasteiger partial charge in [-0.05, 0) is 99.0 Å². The number of hydrogen-bond donors (Lipinski definition) is 2. The number of halogens is 1. The summed E-state index contributed by atoms with van der Waals surface area (Å²) in [5.74, 6) is -0.581. The predicted molar refractivity (Wildman–Crippen MR) is 146 cm³/mol. The average Bonchev–Trinajstić information content (AvgIpc) is 3.61. The van der Waals surface area contributed by atoms with E-state index >= 15 is 0 Å². The summed E-state index contributed by atoms with van der Waals surface area (Å²) in [7, 11) is 0. The van der Waals surface area contributed by atoms with Gasteiger partial charge in [0.15, 0.2) is 0 Å². The first-order valence-electron chi connectivity index (χ1n) is 12.4. The molecule has 4 rings (SSSR count). The van der Waals surface area contributed by atoms with E-state index in [1.54, 1.807) is 6.92 Å². The van der Waals surface area contributed by atoms with Crippen molar-refractivity contribution in [1.29, 1.82) is 0 Å². The summed E-state index contributed by atoms with van der Waals surface area (Å²) < 4.78 is 5.16. The molecular weight excluding hydrogens is 472 g/mol. The highest BCUT2D eigenvalue weighted by molar-refractivity contribution is 6.31. The molecule has 1 atom stereocenters. The van der Waals surface area contributed by atoms with E-state index in [0.717, 1.165) is 38.5 Å². The van der Waals surface area contributed by atoms with Gasteiger partial charge in [-0.1, -0.05) is 48.0 Å². The smallest absolute Gasteiger partial charge is 0.331 e. The molecule has 0 saturated heterocycles. The number of carbonyl (C=O) groups excluding carboxylic acids is 2. The molecular formula is C30H33ClN2O3. The van der Waals surface area contributed by atoms with Crippen molar-refractivity contribution in [2.75, 3.05) is 11.9 Å². The first-order valence-corrected chi connectivity index (χ1v) is 12.8. The molecule has 1 saturated carbocycles. The van der Waals surface area contributed by atoms with Crippen LogP contribution in [0.4, 0.5) is 5.69 Å². The fourth-order valence-electron chi connectivity index (χ4n) is 4.60. The minimum Gasteiger partial charge on any atom is -0.464 e. The first-order chi connectivity index (χ1) is 17.1. The van der Waals surface area contributed by atoms with Gasteiger partial charge in [-0.2, -0.15) is 0 Å². The van der Waals surface area contributed by atoms with Gasteiger partial charge in [-0.3, -0.25) is 4.79 Å². The molecule has 188 valence electrons. The average molecular weight is 505 g/mol. The van der Waals surface area contributed by atoms with Crippen LogP contribution in [0.2, 0.25) is 5.02 Å². The molecule has 0 radical (unpaired) electrons. The number of anilines is 1. The molecule has 0 heterocycles. The number of hydrogen-bond acceptors (Lipinski definition) is 4. The van der Waals surface area contributed by atoms with E-state index in [4.69, 9.17) is 16.3 Å². The molecule has 1 fully saturated rings. The molecule has 2 N–H and O–H groups in total. The van der Waals surface area contributed by atoms with Crippen molar-refractivity contribution in [3.8, 4) is 11.1 Å². The van der Waals surface area contributed by atoms with Crippen molar-refractivity contribution in [3.05, 3.63) is 87.4 Å². The van der Waals surface area contributed by atoms with Crippen LogP contribution >= 0.6 is 11.6 Å². The zero-order valence-electron chi connectivity index (χ0n) is 21.5.